The Labute approximate surface area is 156 Å². The van der Waals surface area contributed by atoms with Crippen molar-refractivity contribution < 1.29 is 4.74 Å². The fraction of sp³-hybridized carbons (Fsp3) is 0.143. The molecule has 2 aromatic heterocycles. The van der Waals surface area contributed by atoms with Crippen LogP contribution in [0.4, 0.5) is 0 Å². The van der Waals surface area contributed by atoms with E-state index in [2.05, 4.69) is 45.3 Å². The van der Waals surface area contributed by atoms with Crippen LogP contribution in [0.2, 0.25) is 0 Å². The van der Waals surface area contributed by atoms with Crippen LogP contribution in [0, 0.1) is 0 Å². The van der Waals surface area contributed by atoms with Gasteiger partial charge in [-0.3, -0.25) is 0 Å². The number of methoxy groups -OCH3 is 1. The lowest BCUT2D eigenvalue weighted by Gasteiger charge is -2.02. The number of hydrogen-bond acceptors (Lipinski definition) is 4. The molecule has 130 valence electrons. The Kier molecular flexibility index (Phi) is 4.88. The van der Waals surface area contributed by atoms with Crippen molar-refractivity contribution in [1.82, 2.24) is 15.0 Å². The van der Waals surface area contributed by atoms with E-state index in [9.17, 15) is 0 Å². The summed E-state index contributed by atoms with van der Waals surface area (Å²) in [6.45, 7) is 0. The van der Waals surface area contributed by atoms with Crippen molar-refractivity contribution in [2.45, 2.75) is 11.4 Å². The summed E-state index contributed by atoms with van der Waals surface area (Å²) in [6, 6.07) is 20.7. The second-order valence-electron chi connectivity index (χ2n) is 5.94. The molecule has 0 saturated carbocycles. The van der Waals surface area contributed by atoms with E-state index in [1.165, 1.54) is 5.56 Å². The van der Waals surface area contributed by atoms with Gasteiger partial charge in [0.2, 0.25) is 0 Å². The van der Waals surface area contributed by atoms with Gasteiger partial charge in [0.1, 0.15) is 22.7 Å². The Bertz CT molecular complexity index is 997. The number of aryl methyl sites for hydroxylation is 1. The largest absolute Gasteiger partial charge is 0.497 e. The Morgan fingerprint density at radius 1 is 1.00 bits per heavy atom. The fourth-order valence-electron chi connectivity index (χ4n) is 2.87. The minimum atomic E-state index is 0.849. The molecule has 0 spiro atoms. The summed E-state index contributed by atoms with van der Waals surface area (Å²) in [6.07, 6.45) is 2.65. The third-order valence-electron chi connectivity index (χ3n) is 4.26. The van der Waals surface area contributed by atoms with Gasteiger partial charge in [-0.15, -0.1) is 11.8 Å². The molecule has 1 N–H and O–H groups in total. The predicted octanol–water partition coefficient (Wildman–Crippen LogP) is 4.97. The zero-order valence-corrected chi connectivity index (χ0v) is 15.3. The van der Waals surface area contributed by atoms with E-state index in [0.29, 0.717) is 0 Å². The number of aromatic amines is 1. The Balaban J connectivity index is 1.55. The van der Waals surface area contributed by atoms with E-state index >= 15 is 0 Å². The highest BCUT2D eigenvalue weighted by atomic mass is 32.2. The van der Waals surface area contributed by atoms with Gasteiger partial charge in [0.05, 0.1) is 12.5 Å². The van der Waals surface area contributed by atoms with E-state index in [0.717, 1.165) is 45.2 Å². The molecule has 26 heavy (non-hydrogen) atoms. The molecule has 0 aliphatic rings. The van der Waals surface area contributed by atoms with Crippen LogP contribution in [0.5, 0.6) is 5.75 Å². The number of aromatic nitrogens is 3. The first-order valence-corrected chi connectivity index (χ1v) is 9.47. The van der Waals surface area contributed by atoms with Gasteiger partial charge in [-0.2, -0.15) is 0 Å². The number of benzene rings is 2. The number of thioether (sulfide) groups is 1. The van der Waals surface area contributed by atoms with Crippen molar-refractivity contribution in [2.24, 2.45) is 0 Å². The number of fused-ring (bicyclic) bond motifs is 1. The van der Waals surface area contributed by atoms with Crippen molar-refractivity contribution in [3.05, 3.63) is 72.6 Å². The van der Waals surface area contributed by atoms with E-state index in [1.807, 2.05) is 30.3 Å². The van der Waals surface area contributed by atoms with Crippen molar-refractivity contribution in [2.75, 3.05) is 12.9 Å². The van der Waals surface area contributed by atoms with Crippen molar-refractivity contribution in [1.29, 1.82) is 0 Å². The topological polar surface area (TPSA) is 50.8 Å². The van der Waals surface area contributed by atoms with Gasteiger partial charge in [-0.1, -0.05) is 30.3 Å². The number of hydrogen-bond donors (Lipinski definition) is 1. The van der Waals surface area contributed by atoms with Crippen LogP contribution in [0.15, 0.2) is 72.0 Å². The van der Waals surface area contributed by atoms with Gasteiger partial charge in [0, 0.05) is 11.4 Å². The lowest BCUT2D eigenvalue weighted by Crippen LogP contribution is -1.90. The summed E-state index contributed by atoms with van der Waals surface area (Å²) in [5, 5.41) is 2.08. The van der Waals surface area contributed by atoms with Gasteiger partial charge in [0.25, 0.3) is 0 Å². The first-order valence-electron chi connectivity index (χ1n) is 8.48. The fourth-order valence-corrected chi connectivity index (χ4v) is 3.83. The average Bonchev–Trinajstić information content (AvgIpc) is 3.14. The quantitative estimate of drug-likeness (QED) is 0.389. The highest BCUT2D eigenvalue weighted by molar-refractivity contribution is 7.99. The number of rotatable bonds is 6. The zero-order valence-electron chi connectivity index (χ0n) is 14.5. The van der Waals surface area contributed by atoms with E-state index in [1.54, 1.807) is 25.2 Å². The van der Waals surface area contributed by atoms with Gasteiger partial charge in [0.15, 0.2) is 0 Å². The Morgan fingerprint density at radius 2 is 1.81 bits per heavy atom. The van der Waals surface area contributed by atoms with E-state index in [-0.39, 0.29) is 0 Å². The lowest BCUT2D eigenvalue weighted by atomic mass is 10.1. The van der Waals surface area contributed by atoms with Crippen LogP contribution in [0.25, 0.3) is 22.3 Å². The maximum atomic E-state index is 5.23. The molecule has 0 atom stereocenters. The number of H-pyrrole nitrogens is 1. The van der Waals surface area contributed by atoms with Crippen LogP contribution in [0.3, 0.4) is 0 Å². The predicted molar refractivity (Wildman–Crippen MR) is 107 cm³/mol. The molecule has 0 bridgehead atoms. The first-order chi connectivity index (χ1) is 12.8. The van der Waals surface area contributed by atoms with Crippen LogP contribution in [0.1, 0.15) is 5.56 Å². The van der Waals surface area contributed by atoms with Gasteiger partial charge >= 0.3 is 0 Å². The Morgan fingerprint density at radius 3 is 2.58 bits per heavy atom. The van der Waals surface area contributed by atoms with Crippen molar-refractivity contribution in [3.63, 3.8) is 0 Å². The molecule has 0 aliphatic heterocycles. The van der Waals surface area contributed by atoms with Crippen molar-refractivity contribution in [3.8, 4) is 17.0 Å². The van der Waals surface area contributed by atoms with Gasteiger partial charge < -0.3 is 9.72 Å². The van der Waals surface area contributed by atoms with E-state index < -0.39 is 0 Å². The van der Waals surface area contributed by atoms with Crippen LogP contribution < -0.4 is 4.74 Å². The molecule has 2 aromatic carbocycles. The third kappa shape index (κ3) is 3.58. The van der Waals surface area contributed by atoms with Crippen LogP contribution in [-0.2, 0) is 6.42 Å². The summed E-state index contributed by atoms with van der Waals surface area (Å²) in [7, 11) is 1.67. The molecule has 4 aromatic rings. The monoisotopic (exact) mass is 361 g/mol. The number of ether oxygens (including phenoxy) is 1. The summed E-state index contributed by atoms with van der Waals surface area (Å²) >= 11 is 1.77. The molecule has 0 fully saturated rings. The summed E-state index contributed by atoms with van der Waals surface area (Å²) in [5.74, 6) is 1.83. The second kappa shape index (κ2) is 7.62. The summed E-state index contributed by atoms with van der Waals surface area (Å²) < 4.78 is 5.23. The summed E-state index contributed by atoms with van der Waals surface area (Å²) in [4.78, 5) is 12.3. The standard InChI is InChI=1S/C21H19N3OS/c1-25-17-9-7-16(8-10-17)19-13-18-20(24-19)22-14-23-21(18)26-12-11-15-5-3-2-4-6-15/h2-10,13-14H,11-12H2,1H3,(H,22,23,24). The van der Waals surface area contributed by atoms with Gasteiger partial charge in [-0.25, -0.2) is 9.97 Å². The molecule has 0 unspecified atom stereocenters. The van der Waals surface area contributed by atoms with Crippen molar-refractivity contribution >= 4 is 22.8 Å². The molecular formula is C21H19N3OS. The molecule has 0 saturated heterocycles. The molecule has 2 heterocycles. The molecule has 4 rings (SSSR count). The molecular weight excluding hydrogens is 342 g/mol. The molecule has 0 aliphatic carbocycles. The van der Waals surface area contributed by atoms with Gasteiger partial charge in [-0.05, 0) is 47.9 Å². The molecule has 0 radical (unpaired) electrons. The summed E-state index contributed by atoms with van der Waals surface area (Å²) in [5.41, 5.74) is 4.35. The normalized spacial score (nSPS) is 11.0. The van der Waals surface area contributed by atoms with Crippen LogP contribution in [-0.4, -0.2) is 27.8 Å². The SMILES string of the molecule is COc1ccc(-c2cc3c(SCCc4ccccc4)ncnc3[nH]2)cc1. The lowest BCUT2D eigenvalue weighted by molar-refractivity contribution is 0.415. The maximum Gasteiger partial charge on any atom is 0.142 e. The molecule has 0 amide bonds. The average molecular weight is 361 g/mol. The Hall–Kier alpha value is -2.79. The second-order valence-corrected chi connectivity index (χ2v) is 7.02. The number of nitrogens with zero attached hydrogens (tertiary/aromatic N) is 2. The molecule has 5 heteroatoms. The smallest absolute Gasteiger partial charge is 0.142 e. The molecule has 4 nitrogen and oxygen atoms in total. The van der Waals surface area contributed by atoms with E-state index in [4.69, 9.17) is 4.74 Å². The minimum absolute atomic E-state index is 0.849. The third-order valence-corrected chi connectivity index (χ3v) is 5.27. The highest BCUT2D eigenvalue weighted by Crippen LogP contribution is 2.30. The first kappa shape index (κ1) is 16.7. The maximum absolute atomic E-state index is 5.23. The van der Waals surface area contributed by atoms with Crippen LogP contribution >= 0.6 is 11.8 Å². The zero-order chi connectivity index (χ0) is 17.8. The highest BCUT2D eigenvalue weighted by Gasteiger charge is 2.10. The minimum Gasteiger partial charge on any atom is -0.497 e. The number of nitrogens with one attached hydrogen (secondary N) is 1.